The number of nitrogens with one attached hydrogen (secondary N) is 1. The van der Waals surface area contributed by atoms with Crippen LogP contribution in [0.4, 0.5) is 10.1 Å². The summed E-state index contributed by atoms with van der Waals surface area (Å²) in [6.45, 7) is 1.83. The van der Waals surface area contributed by atoms with E-state index >= 15 is 0 Å². The third-order valence-electron chi connectivity index (χ3n) is 3.23. The highest BCUT2D eigenvalue weighted by Crippen LogP contribution is 2.25. The van der Waals surface area contributed by atoms with Crippen LogP contribution in [0.5, 0.6) is 5.75 Å². The first-order valence-corrected chi connectivity index (χ1v) is 7.07. The lowest BCUT2D eigenvalue weighted by molar-refractivity contribution is -0.132. The molecule has 0 bridgehead atoms. The Balaban J connectivity index is 2.15. The fraction of sp³-hybridized carbons (Fsp3) is 0.111. The van der Waals surface area contributed by atoms with Crippen LogP contribution in [0.25, 0.3) is 5.76 Å². The Morgan fingerprint density at radius 3 is 2.46 bits per heavy atom. The summed E-state index contributed by atoms with van der Waals surface area (Å²) in [4.78, 5) is 23.9. The number of aliphatic hydroxyl groups is 1. The number of carbonyl (C=O) groups excluding carboxylic acids is 2. The number of rotatable bonds is 5. The monoisotopic (exact) mass is 329 g/mol. The molecule has 0 saturated carbocycles. The van der Waals surface area contributed by atoms with E-state index in [0.29, 0.717) is 11.4 Å². The second-order valence-electron chi connectivity index (χ2n) is 5.06. The number of hydrogen-bond acceptors (Lipinski definition) is 4. The molecule has 0 radical (unpaired) electrons. The van der Waals surface area contributed by atoms with Gasteiger partial charge in [-0.05, 0) is 48.9 Å². The van der Waals surface area contributed by atoms with E-state index in [9.17, 15) is 19.1 Å². The highest BCUT2D eigenvalue weighted by atomic mass is 19.1. The Hall–Kier alpha value is -3.15. The largest absolute Gasteiger partial charge is 0.507 e. The first-order valence-electron chi connectivity index (χ1n) is 7.07. The summed E-state index contributed by atoms with van der Waals surface area (Å²) in [5.74, 6) is -2.35. The SMILES string of the molecule is COc1ccc(C)cc1NC(=O)C(=O)/C=C(\O)c1ccc(F)cc1. The van der Waals surface area contributed by atoms with Crippen LogP contribution in [0.2, 0.25) is 0 Å². The molecule has 5 nitrogen and oxygen atoms in total. The minimum atomic E-state index is -0.944. The Bertz CT molecular complexity index is 797. The average molecular weight is 329 g/mol. The van der Waals surface area contributed by atoms with Crippen molar-refractivity contribution in [3.05, 3.63) is 65.5 Å². The first kappa shape index (κ1) is 17.2. The van der Waals surface area contributed by atoms with Crippen molar-refractivity contribution in [1.29, 1.82) is 0 Å². The number of ether oxygens (including phenoxy) is 1. The Kier molecular flexibility index (Phi) is 5.31. The van der Waals surface area contributed by atoms with E-state index in [0.717, 1.165) is 23.8 Å². The van der Waals surface area contributed by atoms with E-state index in [2.05, 4.69) is 5.32 Å². The fourth-order valence-electron chi connectivity index (χ4n) is 2.00. The van der Waals surface area contributed by atoms with Crippen molar-refractivity contribution in [1.82, 2.24) is 0 Å². The summed E-state index contributed by atoms with van der Waals surface area (Å²) in [6, 6.07) is 10.0. The molecule has 0 fully saturated rings. The zero-order valence-electron chi connectivity index (χ0n) is 13.2. The molecule has 0 saturated heterocycles. The Morgan fingerprint density at radius 2 is 1.83 bits per heavy atom. The summed E-state index contributed by atoms with van der Waals surface area (Å²) in [6.07, 6.45) is 0.783. The minimum absolute atomic E-state index is 0.227. The predicted octanol–water partition coefficient (Wildman–Crippen LogP) is 3.25. The van der Waals surface area contributed by atoms with Crippen LogP contribution in [0, 0.1) is 12.7 Å². The smallest absolute Gasteiger partial charge is 0.296 e. The summed E-state index contributed by atoms with van der Waals surface area (Å²) in [5.41, 5.74) is 1.46. The predicted molar refractivity (Wildman–Crippen MR) is 88.4 cm³/mol. The molecule has 124 valence electrons. The van der Waals surface area contributed by atoms with E-state index in [4.69, 9.17) is 4.74 Å². The van der Waals surface area contributed by atoms with Crippen LogP contribution >= 0.6 is 0 Å². The Morgan fingerprint density at radius 1 is 1.17 bits per heavy atom. The van der Waals surface area contributed by atoms with Gasteiger partial charge in [-0.1, -0.05) is 6.07 Å². The zero-order valence-corrected chi connectivity index (χ0v) is 13.2. The number of anilines is 1. The fourth-order valence-corrected chi connectivity index (χ4v) is 2.00. The van der Waals surface area contributed by atoms with Gasteiger partial charge in [0.1, 0.15) is 17.3 Å². The van der Waals surface area contributed by atoms with Gasteiger partial charge in [-0.2, -0.15) is 0 Å². The summed E-state index contributed by atoms with van der Waals surface area (Å²) < 4.78 is 18.0. The van der Waals surface area contributed by atoms with Crippen molar-refractivity contribution < 1.29 is 23.8 Å². The summed E-state index contributed by atoms with van der Waals surface area (Å²) in [7, 11) is 1.45. The van der Waals surface area contributed by atoms with Crippen molar-refractivity contribution in [3.8, 4) is 5.75 Å². The second-order valence-corrected chi connectivity index (χ2v) is 5.06. The van der Waals surface area contributed by atoms with Crippen molar-refractivity contribution >= 4 is 23.1 Å². The van der Waals surface area contributed by atoms with E-state index < -0.39 is 23.3 Å². The molecular formula is C18H16FNO4. The topological polar surface area (TPSA) is 75.6 Å². The quantitative estimate of drug-likeness (QED) is 0.501. The number of hydrogen-bond donors (Lipinski definition) is 2. The van der Waals surface area contributed by atoms with Crippen LogP contribution < -0.4 is 10.1 Å². The van der Waals surface area contributed by atoms with Gasteiger partial charge in [0.15, 0.2) is 0 Å². The van der Waals surface area contributed by atoms with Crippen LogP contribution in [0.1, 0.15) is 11.1 Å². The molecule has 2 N–H and O–H groups in total. The number of aliphatic hydroxyl groups excluding tert-OH is 1. The normalized spacial score (nSPS) is 11.0. The van der Waals surface area contributed by atoms with E-state index in [-0.39, 0.29) is 5.56 Å². The lowest BCUT2D eigenvalue weighted by Crippen LogP contribution is -2.21. The van der Waals surface area contributed by atoms with Gasteiger partial charge in [-0.15, -0.1) is 0 Å². The zero-order chi connectivity index (χ0) is 17.7. The molecule has 2 rings (SSSR count). The van der Waals surface area contributed by atoms with Crippen molar-refractivity contribution in [2.24, 2.45) is 0 Å². The number of benzene rings is 2. The number of aryl methyl sites for hydroxylation is 1. The number of ketones is 1. The molecule has 0 aliphatic rings. The molecule has 1 amide bonds. The van der Waals surface area contributed by atoms with Gasteiger partial charge in [-0.3, -0.25) is 9.59 Å². The van der Waals surface area contributed by atoms with E-state index in [1.54, 1.807) is 18.2 Å². The lowest BCUT2D eigenvalue weighted by Gasteiger charge is -2.10. The van der Waals surface area contributed by atoms with Crippen molar-refractivity contribution in [2.75, 3.05) is 12.4 Å². The number of amides is 1. The lowest BCUT2D eigenvalue weighted by atomic mass is 10.1. The maximum atomic E-state index is 12.8. The molecule has 0 spiro atoms. The number of carbonyl (C=O) groups is 2. The third kappa shape index (κ3) is 4.19. The number of halogens is 1. The molecule has 0 aliphatic heterocycles. The van der Waals surface area contributed by atoms with Crippen molar-refractivity contribution in [2.45, 2.75) is 6.92 Å². The number of methoxy groups -OCH3 is 1. The Labute approximate surface area is 138 Å². The van der Waals surface area contributed by atoms with Gasteiger partial charge in [0.2, 0.25) is 5.78 Å². The minimum Gasteiger partial charge on any atom is -0.507 e. The molecule has 6 heteroatoms. The molecule has 0 heterocycles. The highest BCUT2D eigenvalue weighted by Gasteiger charge is 2.15. The van der Waals surface area contributed by atoms with Gasteiger partial charge in [-0.25, -0.2) is 4.39 Å². The third-order valence-corrected chi connectivity index (χ3v) is 3.23. The first-order chi connectivity index (χ1) is 11.4. The molecule has 2 aromatic carbocycles. The second kappa shape index (κ2) is 7.41. The van der Waals surface area contributed by atoms with E-state index in [1.807, 2.05) is 6.92 Å². The molecule has 0 unspecified atom stereocenters. The molecule has 24 heavy (non-hydrogen) atoms. The van der Waals surface area contributed by atoms with Crippen LogP contribution in [0.15, 0.2) is 48.5 Å². The molecule has 2 aromatic rings. The standard InChI is InChI=1S/C18H16FNO4/c1-11-3-8-17(24-2)14(9-11)20-18(23)16(22)10-15(21)12-4-6-13(19)7-5-12/h3-10,21H,1-2H3,(H,20,23)/b15-10-. The van der Waals surface area contributed by atoms with Gasteiger partial charge in [0.25, 0.3) is 5.91 Å². The van der Waals surface area contributed by atoms with Gasteiger partial charge in [0.05, 0.1) is 12.8 Å². The average Bonchev–Trinajstić information content (AvgIpc) is 2.55. The molecule has 0 aliphatic carbocycles. The van der Waals surface area contributed by atoms with Gasteiger partial charge in [0, 0.05) is 11.6 Å². The maximum Gasteiger partial charge on any atom is 0.296 e. The molecule has 0 atom stereocenters. The van der Waals surface area contributed by atoms with E-state index in [1.165, 1.54) is 19.2 Å². The summed E-state index contributed by atoms with van der Waals surface area (Å²) >= 11 is 0. The van der Waals surface area contributed by atoms with Crippen LogP contribution in [-0.2, 0) is 9.59 Å². The van der Waals surface area contributed by atoms with Crippen molar-refractivity contribution in [3.63, 3.8) is 0 Å². The summed E-state index contributed by atoms with van der Waals surface area (Å²) in [5, 5.41) is 12.3. The molecular weight excluding hydrogens is 313 g/mol. The molecule has 0 aromatic heterocycles. The maximum absolute atomic E-state index is 12.8. The van der Waals surface area contributed by atoms with Gasteiger partial charge >= 0.3 is 0 Å². The van der Waals surface area contributed by atoms with Crippen LogP contribution in [0.3, 0.4) is 0 Å². The van der Waals surface area contributed by atoms with Crippen LogP contribution in [-0.4, -0.2) is 23.9 Å². The van der Waals surface area contributed by atoms with Gasteiger partial charge < -0.3 is 15.2 Å². The highest BCUT2D eigenvalue weighted by molar-refractivity contribution is 6.45.